The number of aliphatic carboxylic acids is 1. The number of nitrogens with one attached hydrogen (secondary N) is 2. The molecule has 2 aromatic rings. The molecule has 164 valence electrons. The average molecular weight is 424 g/mol. The predicted octanol–water partition coefficient (Wildman–Crippen LogP) is 3.38. The molecule has 0 aromatic heterocycles. The fourth-order valence-corrected chi connectivity index (χ4v) is 3.98. The molecule has 3 rings (SSSR count). The lowest BCUT2D eigenvalue weighted by atomic mass is 10.0. The van der Waals surface area contributed by atoms with Crippen LogP contribution in [0.2, 0.25) is 0 Å². The van der Waals surface area contributed by atoms with Crippen LogP contribution in [-0.2, 0) is 20.8 Å². The Labute approximate surface area is 181 Å². The Balaban J connectivity index is 1.61. The monoisotopic (exact) mass is 424 g/mol. The summed E-state index contributed by atoms with van der Waals surface area (Å²) in [6.45, 7) is 3.54. The van der Waals surface area contributed by atoms with Gasteiger partial charge >= 0.3 is 5.97 Å². The Bertz CT molecular complexity index is 942. The zero-order chi connectivity index (χ0) is 22.4. The summed E-state index contributed by atoms with van der Waals surface area (Å²) >= 11 is 0. The van der Waals surface area contributed by atoms with E-state index in [1.165, 1.54) is 0 Å². The third-order valence-electron chi connectivity index (χ3n) is 5.33. The van der Waals surface area contributed by atoms with E-state index < -0.39 is 24.0 Å². The molecule has 2 aromatic carbocycles. The molecule has 1 aliphatic rings. The van der Waals surface area contributed by atoms with Crippen LogP contribution in [0, 0.1) is 13.8 Å². The zero-order valence-corrected chi connectivity index (χ0v) is 17.9. The Hall–Kier alpha value is -3.35. The van der Waals surface area contributed by atoms with Crippen LogP contribution in [0.15, 0.2) is 42.5 Å². The third-order valence-corrected chi connectivity index (χ3v) is 5.33. The topological polar surface area (TPSA) is 105 Å². The van der Waals surface area contributed by atoms with E-state index in [2.05, 4.69) is 10.6 Å². The lowest BCUT2D eigenvalue weighted by Gasteiger charge is -2.28. The predicted molar refractivity (Wildman–Crippen MR) is 117 cm³/mol. The summed E-state index contributed by atoms with van der Waals surface area (Å²) in [5.74, 6) is -1.08. The standard InChI is InChI=1S/C24H28N2O5/c1-16-11-17(2)13-19(12-16)26-21(27)14-18-5-7-20(8-6-18)31-24(9-3-4-10-24)23(30)25-15-22(28)29/h5-8,11-13H,3-4,9-10,14-15H2,1-2H3,(H,25,30)(H,26,27)(H,28,29). The molecule has 0 unspecified atom stereocenters. The van der Waals surface area contributed by atoms with Crippen LogP contribution < -0.4 is 15.4 Å². The van der Waals surface area contributed by atoms with Gasteiger partial charge in [0.05, 0.1) is 6.42 Å². The van der Waals surface area contributed by atoms with E-state index in [1.54, 1.807) is 24.3 Å². The molecule has 0 heterocycles. The summed E-state index contributed by atoms with van der Waals surface area (Å²) in [6, 6.07) is 13.0. The zero-order valence-electron chi connectivity index (χ0n) is 17.9. The van der Waals surface area contributed by atoms with Crippen LogP contribution in [0.5, 0.6) is 5.75 Å². The van der Waals surface area contributed by atoms with Gasteiger partial charge in [-0.25, -0.2) is 0 Å². The number of hydrogen-bond acceptors (Lipinski definition) is 4. The molecule has 3 N–H and O–H groups in total. The first kappa shape index (κ1) is 22.3. The molecule has 0 aliphatic heterocycles. The van der Waals surface area contributed by atoms with E-state index >= 15 is 0 Å². The lowest BCUT2D eigenvalue weighted by Crippen LogP contribution is -2.50. The van der Waals surface area contributed by atoms with Crippen molar-refractivity contribution in [2.24, 2.45) is 0 Å². The first-order chi connectivity index (χ1) is 14.8. The maximum absolute atomic E-state index is 12.6. The molecule has 1 aliphatic carbocycles. The number of rotatable bonds is 8. The second kappa shape index (κ2) is 9.64. The van der Waals surface area contributed by atoms with Gasteiger partial charge in [-0.1, -0.05) is 18.2 Å². The minimum atomic E-state index is -1.09. The van der Waals surface area contributed by atoms with Crippen LogP contribution in [0.3, 0.4) is 0 Å². The quantitative estimate of drug-likeness (QED) is 0.603. The molecule has 1 saturated carbocycles. The molecule has 7 heteroatoms. The van der Waals surface area contributed by atoms with Gasteiger partial charge in [-0.3, -0.25) is 14.4 Å². The van der Waals surface area contributed by atoms with E-state index in [0.717, 1.165) is 35.2 Å². The van der Waals surface area contributed by atoms with Crippen molar-refractivity contribution in [1.82, 2.24) is 5.32 Å². The fourth-order valence-electron chi connectivity index (χ4n) is 3.98. The molecule has 7 nitrogen and oxygen atoms in total. The van der Waals surface area contributed by atoms with Crippen LogP contribution >= 0.6 is 0 Å². The summed E-state index contributed by atoms with van der Waals surface area (Å²) < 4.78 is 6.03. The second-order valence-corrected chi connectivity index (χ2v) is 8.13. The normalized spacial score (nSPS) is 14.6. The van der Waals surface area contributed by atoms with Crippen LogP contribution in [-0.4, -0.2) is 35.0 Å². The van der Waals surface area contributed by atoms with E-state index in [9.17, 15) is 14.4 Å². The highest BCUT2D eigenvalue weighted by Crippen LogP contribution is 2.35. The number of carbonyl (C=O) groups is 3. The molecule has 0 spiro atoms. The lowest BCUT2D eigenvalue weighted by molar-refractivity contribution is -0.142. The van der Waals surface area contributed by atoms with Crippen molar-refractivity contribution in [3.05, 3.63) is 59.2 Å². The fraction of sp³-hybridized carbons (Fsp3) is 0.375. The summed E-state index contributed by atoms with van der Waals surface area (Å²) in [6.07, 6.45) is 2.99. The molecule has 0 saturated heterocycles. The number of carboxylic acid groups (broad SMARTS) is 1. The molecule has 31 heavy (non-hydrogen) atoms. The maximum Gasteiger partial charge on any atom is 0.322 e. The van der Waals surface area contributed by atoms with Gasteiger partial charge in [0, 0.05) is 5.69 Å². The number of amides is 2. The number of carbonyl (C=O) groups excluding carboxylic acids is 2. The summed E-state index contributed by atoms with van der Waals surface area (Å²) in [7, 11) is 0. The number of hydrogen-bond donors (Lipinski definition) is 3. The van der Waals surface area contributed by atoms with Gasteiger partial charge in [0.1, 0.15) is 12.3 Å². The number of benzene rings is 2. The van der Waals surface area contributed by atoms with Crippen molar-refractivity contribution in [3.63, 3.8) is 0 Å². The van der Waals surface area contributed by atoms with Crippen molar-refractivity contribution in [2.45, 2.75) is 51.6 Å². The van der Waals surface area contributed by atoms with Crippen molar-refractivity contribution in [1.29, 1.82) is 0 Å². The van der Waals surface area contributed by atoms with Crippen molar-refractivity contribution >= 4 is 23.5 Å². The van der Waals surface area contributed by atoms with E-state index in [1.807, 2.05) is 32.0 Å². The summed E-state index contributed by atoms with van der Waals surface area (Å²) in [4.78, 5) is 35.7. The highest BCUT2D eigenvalue weighted by molar-refractivity contribution is 5.92. The largest absolute Gasteiger partial charge is 0.480 e. The number of ether oxygens (including phenoxy) is 1. The number of anilines is 1. The highest BCUT2D eigenvalue weighted by Gasteiger charge is 2.43. The van der Waals surface area contributed by atoms with Gasteiger partial charge in [-0.05, 0) is 80.5 Å². The molecular formula is C24H28N2O5. The average Bonchev–Trinajstić information content (AvgIpc) is 3.16. The van der Waals surface area contributed by atoms with Crippen LogP contribution in [0.1, 0.15) is 42.4 Å². The second-order valence-electron chi connectivity index (χ2n) is 8.13. The first-order valence-corrected chi connectivity index (χ1v) is 10.4. The van der Waals surface area contributed by atoms with Gasteiger partial charge in [-0.15, -0.1) is 0 Å². The van der Waals surface area contributed by atoms with E-state index in [0.29, 0.717) is 18.6 Å². The Morgan fingerprint density at radius 1 is 1.00 bits per heavy atom. The van der Waals surface area contributed by atoms with Gasteiger partial charge in [0.25, 0.3) is 5.91 Å². The molecule has 1 fully saturated rings. The molecular weight excluding hydrogens is 396 g/mol. The summed E-state index contributed by atoms with van der Waals surface area (Å²) in [5.41, 5.74) is 2.73. The van der Waals surface area contributed by atoms with Crippen LogP contribution in [0.25, 0.3) is 0 Å². The molecule has 0 atom stereocenters. The third kappa shape index (κ3) is 6.07. The SMILES string of the molecule is Cc1cc(C)cc(NC(=O)Cc2ccc(OC3(C(=O)NCC(=O)O)CCCC3)cc2)c1. The summed E-state index contributed by atoms with van der Waals surface area (Å²) in [5, 5.41) is 14.2. The number of aryl methyl sites for hydroxylation is 2. The van der Waals surface area contributed by atoms with Crippen LogP contribution in [0.4, 0.5) is 5.69 Å². The van der Waals surface area contributed by atoms with E-state index in [4.69, 9.17) is 9.84 Å². The van der Waals surface area contributed by atoms with E-state index in [-0.39, 0.29) is 12.3 Å². The Morgan fingerprint density at radius 2 is 1.61 bits per heavy atom. The van der Waals surface area contributed by atoms with Gasteiger partial charge in [0.15, 0.2) is 5.60 Å². The van der Waals surface area contributed by atoms with Gasteiger partial charge in [0.2, 0.25) is 5.91 Å². The minimum Gasteiger partial charge on any atom is -0.480 e. The van der Waals surface area contributed by atoms with Gasteiger partial charge < -0.3 is 20.5 Å². The minimum absolute atomic E-state index is 0.112. The van der Waals surface area contributed by atoms with Crippen molar-refractivity contribution in [2.75, 3.05) is 11.9 Å². The molecule has 0 bridgehead atoms. The van der Waals surface area contributed by atoms with Gasteiger partial charge in [-0.2, -0.15) is 0 Å². The molecule has 0 radical (unpaired) electrons. The molecule has 2 amide bonds. The first-order valence-electron chi connectivity index (χ1n) is 10.4. The Morgan fingerprint density at radius 3 is 2.19 bits per heavy atom. The maximum atomic E-state index is 12.6. The number of carboxylic acids is 1. The van der Waals surface area contributed by atoms with Crippen molar-refractivity contribution < 1.29 is 24.2 Å². The smallest absolute Gasteiger partial charge is 0.322 e. The highest BCUT2D eigenvalue weighted by atomic mass is 16.5. The van der Waals surface area contributed by atoms with Crippen molar-refractivity contribution in [3.8, 4) is 5.75 Å². The Kier molecular flexibility index (Phi) is 6.95.